The molecule has 0 spiro atoms. The third-order valence-corrected chi connectivity index (χ3v) is 3.74. The number of halogens is 1. The van der Waals surface area contributed by atoms with Gasteiger partial charge in [-0.05, 0) is 26.3 Å². The highest BCUT2D eigenvalue weighted by Crippen LogP contribution is 2.24. The van der Waals surface area contributed by atoms with E-state index >= 15 is 0 Å². The van der Waals surface area contributed by atoms with Gasteiger partial charge in [-0.15, -0.1) is 0 Å². The maximum absolute atomic E-state index is 13.5. The summed E-state index contributed by atoms with van der Waals surface area (Å²) in [5, 5.41) is 0. The first kappa shape index (κ1) is 18.8. The van der Waals surface area contributed by atoms with Crippen LogP contribution in [0.4, 0.5) is 10.2 Å². The highest BCUT2D eigenvalue weighted by Gasteiger charge is 2.31. The van der Waals surface area contributed by atoms with Crippen LogP contribution in [-0.2, 0) is 19.1 Å². The summed E-state index contributed by atoms with van der Waals surface area (Å²) in [6.07, 6.45) is 3.37. The van der Waals surface area contributed by atoms with Gasteiger partial charge in [0.2, 0.25) is 0 Å². The summed E-state index contributed by atoms with van der Waals surface area (Å²) in [5.41, 5.74) is 3.29. The molecule has 2 heterocycles. The molecule has 1 aliphatic heterocycles. The van der Waals surface area contributed by atoms with Gasteiger partial charge in [0, 0.05) is 13.3 Å². The molecule has 2 unspecified atom stereocenters. The Morgan fingerprint density at radius 3 is 2.76 bits per heavy atom. The number of carbonyl (C=O) groups excluding carboxylic acids is 2. The molecule has 2 rings (SSSR count). The molecule has 0 aliphatic carbocycles. The van der Waals surface area contributed by atoms with Crippen molar-refractivity contribution in [2.24, 2.45) is 0 Å². The number of anilines is 1. The van der Waals surface area contributed by atoms with Crippen molar-refractivity contribution in [2.45, 2.75) is 51.5 Å². The second kappa shape index (κ2) is 7.14. The van der Waals surface area contributed by atoms with Crippen molar-refractivity contribution in [2.75, 3.05) is 5.73 Å². The molecule has 1 aliphatic rings. The van der Waals surface area contributed by atoms with Crippen LogP contribution in [-0.4, -0.2) is 33.0 Å². The highest BCUT2D eigenvalue weighted by atomic mass is 19.1. The van der Waals surface area contributed by atoms with E-state index in [1.165, 1.54) is 20.8 Å². The molecule has 25 heavy (non-hydrogen) atoms. The molecule has 2 N–H and O–H groups in total. The van der Waals surface area contributed by atoms with Gasteiger partial charge >= 0.3 is 11.7 Å². The summed E-state index contributed by atoms with van der Waals surface area (Å²) >= 11 is 0. The molecule has 0 radical (unpaired) electrons. The smallest absolute Gasteiger partial charge is 0.352 e. The lowest BCUT2D eigenvalue weighted by molar-refractivity contribution is -0.162. The summed E-state index contributed by atoms with van der Waals surface area (Å²) in [7, 11) is 0. The topological polar surface area (TPSA) is 114 Å². The number of ketones is 1. The van der Waals surface area contributed by atoms with Crippen molar-refractivity contribution in [3.8, 4) is 0 Å². The van der Waals surface area contributed by atoms with Crippen LogP contribution in [0.15, 0.2) is 23.1 Å². The van der Waals surface area contributed by atoms with Gasteiger partial charge in [-0.3, -0.25) is 14.2 Å². The third kappa shape index (κ3) is 4.50. The molecular formula is C16H20FN3O5. The number of rotatable bonds is 6. The third-order valence-electron chi connectivity index (χ3n) is 3.74. The Hall–Kier alpha value is -2.55. The number of hydrogen-bond donors (Lipinski definition) is 1. The number of carbonyl (C=O) groups is 2. The number of Topliss-reactive ketones (excluding diaryl/α,β-unsaturated/α-hetero) is 1. The zero-order valence-electron chi connectivity index (χ0n) is 14.2. The molecule has 8 nitrogen and oxygen atoms in total. The number of nitrogens with two attached hydrogens (primary N) is 1. The highest BCUT2D eigenvalue weighted by molar-refractivity contribution is 5.88. The summed E-state index contributed by atoms with van der Waals surface area (Å²) < 4.78 is 25.1. The molecule has 1 aromatic rings. The van der Waals surface area contributed by atoms with Crippen molar-refractivity contribution in [3.63, 3.8) is 0 Å². The van der Waals surface area contributed by atoms with Crippen LogP contribution in [0.1, 0.15) is 39.8 Å². The van der Waals surface area contributed by atoms with E-state index in [9.17, 15) is 18.8 Å². The molecule has 1 aromatic heterocycles. The van der Waals surface area contributed by atoms with Crippen LogP contribution in [0.5, 0.6) is 0 Å². The van der Waals surface area contributed by atoms with Crippen LogP contribution in [0.2, 0.25) is 0 Å². The Labute approximate surface area is 143 Å². The van der Waals surface area contributed by atoms with Gasteiger partial charge < -0.3 is 15.2 Å². The van der Waals surface area contributed by atoms with Gasteiger partial charge in [-0.1, -0.05) is 6.08 Å². The molecule has 0 aromatic carbocycles. The monoisotopic (exact) mass is 353 g/mol. The lowest BCUT2D eigenvalue weighted by atomic mass is 9.98. The maximum Gasteiger partial charge on any atom is 0.352 e. The van der Waals surface area contributed by atoms with Gasteiger partial charge in [0.1, 0.15) is 0 Å². The van der Waals surface area contributed by atoms with Crippen LogP contribution in [0.25, 0.3) is 0 Å². The van der Waals surface area contributed by atoms with E-state index in [2.05, 4.69) is 4.98 Å². The lowest BCUT2D eigenvalue weighted by Gasteiger charge is -2.23. The fraction of sp³-hybridized carbons (Fsp3) is 0.500. The summed E-state index contributed by atoms with van der Waals surface area (Å²) in [6, 6.07) is 0. The number of nitrogen functional groups attached to an aromatic ring is 1. The van der Waals surface area contributed by atoms with Gasteiger partial charge in [-0.2, -0.15) is 4.98 Å². The quantitative estimate of drug-likeness (QED) is 0.602. The van der Waals surface area contributed by atoms with Crippen LogP contribution < -0.4 is 11.4 Å². The van der Waals surface area contributed by atoms with E-state index in [-0.39, 0.29) is 12.2 Å². The average Bonchev–Trinajstić information content (AvgIpc) is 2.95. The normalized spacial score (nSPS) is 19.8. The van der Waals surface area contributed by atoms with E-state index in [0.717, 1.165) is 10.8 Å². The lowest BCUT2D eigenvalue weighted by Crippen LogP contribution is -2.37. The molecule has 0 amide bonds. The average molecular weight is 353 g/mol. The molecule has 9 heteroatoms. The van der Waals surface area contributed by atoms with E-state index in [4.69, 9.17) is 15.2 Å². The van der Waals surface area contributed by atoms with Gasteiger partial charge in [-0.25, -0.2) is 9.18 Å². The van der Waals surface area contributed by atoms with Crippen LogP contribution in [0, 0.1) is 5.82 Å². The van der Waals surface area contributed by atoms with E-state index in [0.29, 0.717) is 6.42 Å². The molecule has 0 saturated carbocycles. The van der Waals surface area contributed by atoms with Gasteiger partial charge in [0.05, 0.1) is 12.3 Å². The standard InChI is InChI=1S/C16H20FN3O5/c1-9(21)25-16(2,3)12(22)6-4-10-5-7-13(24-10)20-8-11(17)14(18)19-15(20)23/h5,7-8,10,13H,4,6H2,1-3H3,(H2,18,19,23). The first-order valence-corrected chi connectivity index (χ1v) is 7.71. The number of nitrogens with zero attached hydrogens (tertiary/aromatic N) is 2. The fourth-order valence-corrected chi connectivity index (χ4v) is 2.44. The molecule has 0 bridgehead atoms. The Balaban J connectivity index is 1.95. The van der Waals surface area contributed by atoms with Crippen molar-refractivity contribution < 1.29 is 23.5 Å². The van der Waals surface area contributed by atoms with Gasteiger partial charge in [0.25, 0.3) is 0 Å². The van der Waals surface area contributed by atoms with E-state index in [1.54, 1.807) is 12.2 Å². The second-order valence-corrected chi connectivity index (χ2v) is 6.18. The summed E-state index contributed by atoms with van der Waals surface area (Å²) in [6.45, 7) is 4.28. The first-order chi connectivity index (χ1) is 11.6. The minimum Gasteiger partial charge on any atom is -0.452 e. The predicted molar refractivity (Wildman–Crippen MR) is 86.0 cm³/mol. The van der Waals surface area contributed by atoms with Crippen LogP contribution in [0.3, 0.4) is 0 Å². The number of aromatic nitrogens is 2. The Kier molecular flexibility index (Phi) is 5.36. The molecule has 136 valence electrons. The van der Waals surface area contributed by atoms with Gasteiger partial charge in [0.15, 0.2) is 29.2 Å². The predicted octanol–water partition coefficient (Wildman–Crippen LogP) is 1.11. The van der Waals surface area contributed by atoms with E-state index < -0.39 is 41.2 Å². The molecular weight excluding hydrogens is 333 g/mol. The number of hydrogen-bond acceptors (Lipinski definition) is 7. The zero-order valence-corrected chi connectivity index (χ0v) is 14.2. The van der Waals surface area contributed by atoms with Crippen molar-refractivity contribution >= 4 is 17.6 Å². The SMILES string of the molecule is CC(=O)OC(C)(C)C(=O)CCC1C=CC(n2cc(F)c(N)nc2=O)O1. The minimum atomic E-state index is -1.21. The Morgan fingerprint density at radius 1 is 1.44 bits per heavy atom. The molecule has 2 atom stereocenters. The first-order valence-electron chi connectivity index (χ1n) is 7.71. The summed E-state index contributed by atoms with van der Waals surface area (Å²) in [4.78, 5) is 38.3. The maximum atomic E-state index is 13.5. The summed E-state index contributed by atoms with van der Waals surface area (Å²) in [5.74, 6) is -2.08. The Bertz CT molecular complexity index is 772. The van der Waals surface area contributed by atoms with Crippen LogP contribution >= 0.6 is 0 Å². The van der Waals surface area contributed by atoms with Crippen molar-refractivity contribution in [1.82, 2.24) is 9.55 Å². The van der Waals surface area contributed by atoms with Crippen molar-refractivity contribution in [3.05, 3.63) is 34.7 Å². The Morgan fingerprint density at radius 2 is 2.12 bits per heavy atom. The van der Waals surface area contributed by atoms with Crippen molar-refractivity contribution in [1.29, 1.82) is 0 Å². The zero-order chi connectivity index (χ0) is 18.8. The number of ether oxygens (including phenoxy) is 2. The van der Waals surface area contributed by atoms with E-state index in [1.807, 2.05) is 0 Å². The minimum absolute atomic E-state index is 0.116. The molecule has 0 fully saturated rings. The largest absolute Gasteiger partial charge is 0.452 e. The second-order valence-electron chi connectivity index (χ2n) is 6.18. The molecule has 0 saturated heterocycles. The fourth-order valence-electron chi connectivity index (χ4n) is 2.44. The number of esters is 1.